The van der Waals surface area contributed by atoms with Crippen LogP contribution >= 0.6 is 0 Å². The number of rotatable bonds is 6. The third-order valence-corrected chi connectivity index (χ3v) is 11.7. The summed E-state index contributed by atoms with van der Waals surface area (Å²) in [7, 11) is 0. The predicted octanol–water partition coefficient (Wildman–Crippen LogP) is 14.0. The first-order valence-corrected chi connectivity index (χ1v) is 20.8. The number of phenolic OH excluding ortho intramolecular Hbond substituents is 3. The lowest BCUT2D eigenvalue weighted by atomic mass is 9.76. The van der Waals surface area contributed by atoms with E-state index in [1.165, 1.54) is 44.5 Å². The molecule has 0 bridgehead atoms. The van der Waals surface area contributed by atoms with E-state index in [4.69, 9.17) is 0 Å². The summed E-state index contributed by atoms with van der Waals surface area (Å²) >= 11 is 0. The van der Waals surface area contributed by atoms with Gasteiger partial charge in [0.15, 0.2) is 0 Å². The summed E-state index contributed by atoms with van der Waals surface area (Å²) in [5.41, 5.74) is 14.6. The molecule has 0 aromatic heterocycles. The van der Waals surface area contributed by atoms with Gasteiger partial charge in [-0.15, -0.1) is 0 Å². The largest absolute Gasteiger partial charge is 0.507 e. The minimum atomic E-state index is -0.222. The van der Waals surface area contributed by atoms with Crippen LogP contribution in [0.5, 0.6) is 17.2 Å². The van der Waals surface area contributed by atoms with E-state index in [9.17, 15) is 15.3 Å². The summed E-state index contributed by atoms with van der Waals surface area (Å²) < 4.78 is 0. The van der Waals surface area contributed by atoms with E-state index in [1.54, 1.807) is 0 Å². The van der Waals surface area contributed by atoms with Crippen LogP contribution in [0.3, 0.4) is 0 Å². The van der Waals surface area contributed by atoms with Crippen LogP contribution < -0.4 is 0 Å². The van der Waals surface area contributed by atoms with E-state index in [0.29, 0.717) is 17.2 Å². The van der Waals surface area contributed by atoms with Crippen LogP contribution in [0.15, 0.2) is 42.5 Å². The number of benzene rings is 4. The molecule has 0 unspecified atom stereocenters. The Bertz CT molecular complexity index is 1890. The number of hydrogen-bond donors (Lipinski definition) is 3. The molecule has 3 heteroatoms. The lowest BCUT2D eigenvalue weighted by Gasteiger charge is -2.29. The Kier molecular flexibility index (Phi) is 12.0. The smallest absolute Gasteiger partial charge is 0.123 e. The molecule has 0 saturated carbocycles. The first kappa shape index (κ1) is 45.0. The van der Waals surface area contributed by atoms with Crippen LogP contribution in [-0.2, 0) is 51.8 Å². The molecular weight excluding hydrogens is 685 g/mol. The molecule has 4 rings (SSSR count). The van der Waals surface area contributed by atoms with Crippen molar-refractivity contribution in [2.75, 3.05) is 0 Å². The third-order valence-electron chi connectivity index (χ3n) is 11.7. The summed E-state index contributed by atoms with van der Waals surface area (Å²) in [5.74, 6) is 1.22. The van der Waals surface area contributed by atoms with Crippen molar-refractivity contribution in [2.24, 2.45) is 0 Å². The minimum Gasteiger partial charge on any atom is -0.507 e. The van der Waals surface area contributed by atoms with Gasteiger partial charge in [-0.1, -0.05) is 167 Å². The fourth-order valence-electron chi connectivity index (χ4n) is 8.19. The van der Waals surface area contributed by atoms with E-state index in [-0.39, 0.29) is 32.5 Å². The van der Waals surface area contributed by atoms with Gasteiger partial charge in [0.05, 0.1) is 0 Å². The maximum Gasteiger partial charge on any atom is 0.123 e. The van der Waals surface area contributed by atoms with Crippen molar-refractivity contribution >= 4 is 0 Å². The van der Waals surface area contributed by atoms with Gasteiger partial charge >= 0.3 is 0 Å². The van der Waals surface area contributed by atoms with Crippen molar-refractivity contribution in [1.29, 1.82) is 0 Å². The minimum absolute atomic E-state index is 0.221. The van der Waals surface area contributed by atoms with Crippen LogP contribution in [0.4, 0.5) is 0 Å². The quantitative estimate of drug-likeness (QED) is 0.183. The monoisotopic (exact) mass is 761 g/mol. The van der Waals surface area contributed by atoms with Crippen molar-refractivity contribution in [2.45, 2.75) is 190 Å². The Morgan fingerprint density at radius 3 is 0.714 bits per heavy atom. The Morgan fingerprint density at radius 2 is 0.518 bits per heavy atom. The summed E-state index contributed by atoms with van der Waals surface area (Å²) in [6.07, 6.45) is 2.23. The normalized spacial score (nSPS) is 13.4. The Morgan fingerprint density at radius 1 is 0.321 bits per heavy atom. The van der Waals surface area contributed by atoms with Crippen molar-refractivity contribution in [3.63, 3.8) is 0 Å². The summed E-state index contributed by atoms with van der Waals surface area (Å²) in [6.45, 7) is 43.8. The molecule has 3 N–H and O–H groups in total. The molecule has 0 heterocycles. The lowest BCUT2D eigenvalue weighted by Crippen LogP contribution is -2.18. The van der Waals surface area contributed by atoms with Crippen LogP contribution in [0.2, 0.25) is 0 Å². The fraction of sp³-hybridized carbons (Fsp3) is 0.547. The van der Waals surface area contributed by atoms with Gasteiger partial charge in [0.1, 0.15) is 17.2 Å². The third kappa shape index (κ3) is 9.69. The highest BCUT2D eigenvalue weighted by atomic mass is 16.3. The number of hydrogen-bond acceptors (Lipinski definition) is 3. The van der Waals surface area contributed by atoms with Gasteiger partial charge in [-0.2, -0.15) is 0 Å². The molecule has 0 amide bonds. The van der Waals surface area contributed by atoms with Crippen LogP contribution in [0.1, 0.15) is 203 Å². The molecule has 0 aliphatic rings. The average molecular weight is 761 g/mol. The standard InChI is InChI=1S/C53H76O3/c1-31-36(21-33-24-39(48(3,4)5)45(54)40(25-33)49(6,7)8)30-37(22-34-26-41(50(9,10)11)46(55)42(27-34)51(12,13)14)32(2)38(31)23-35-28-43(52(15,16)17)47(56)44(29-35)53(18,19)20/h24-30,54-56H,21-23H2,1-20H3. The summed E-state index contributed by atoms with van der Waals surface area (Å²) in [5, 5.41) is 34.8. The number of aromatic hydroxyl groups is 3. The van der Waals surface area contributed by atoms with Crippen LogP contribution in [0, 0.1) is 13.8 Å². The molecule has 0 radical (unpaired) electrons. The molecule has 0 saturated heterocycles. The van der Waals surface area contributed by atoms with E-state index in [0.717, 1.165) is 52.6 Å². The van der Waals surface area contributed by atoms with Crippen LogP contribution in [0.25, 0.3) is 0 Å². The Balaban J connectivity index is 2.05. The van der Waals surface area contributed by atoms with E-state index < -0.39 is 0 Å². The van der Waals surface area contributed by atoms with Crippen molar-refractivity contribution < 1.29 is 15.3 Å². The SMILES string of the molecule is Cc1c(Cc2cc(C(C)(C)C)c(O)c(C(C)(C)C)c2)cc(Cc2cc(C(C)(C)C)c(O)c(C(C)(C)C)c2)c(C)c1Cc1cc(C(C)(C)C)c(O)c(C(C)(C)C)c1. The highest BCUT2D eigenvalue weighted by molar-refractivity contribution is 5.57. The maximum absolute atomic E-state index is 11.6. The van der Waals surface area contributed by atoms with Gasteiger partial charge in [0.25, 0.3) is 0 Å². The maximum atomic E-state index is 11.6. The van der Waals surface area contributed by atoms with Crippen LogP contribution in [-0.4, -0.2) is 15.3 Å². The average Bonchev–Trinajstić information content (AvgIpc) is 3.00. The molecule has 4 aromatic rings. The van der Waals surface area contributed by atoms with Crippen molar-refractivity contribution in [1.82, 2.24) is 0 Å². The van der Waals surface area contributed by atoms with Gasteiger partial charge in [-0.25, -0.2) is 0 Å². The summed E-state index contributed by atoms with van der Waals surface area (Å²) in [4.78, 5) is 0. The lowest BCUT2D eigenvalue weighted by molar-refractivity contribution is 0.422. The Hall–Kier alpha value is -3.72. The van der Waals surface area contributed by atoms with Gasteiger partial charge in [-0.3, -0.25) is 0 Å². The van der Waals surface area contributed by atoms with Gasteiger partial charge in [0.2, 0.25) is 0 Å². The van der Waals surface area contributed by atoms with Gasteiger partial charge in [-0.05, 0) is 143 Å². The first-order valence-electron chi connectivity index (χ1n) is 20.8. The number of phenols is 3. The van der Waals surface area contributed by atoms with Gasteiger partial charge in [0, 0.05) is 0 Å². The zero-order valence-electron chi connectivity index (χ0n) is 39.0. The second-order valence-electron chi connectivity index (χ2n) is 23.1. The molecule has 0 spiro atoms. The molecule has 306 valence electrons. The molecule has 0 atom stereocenters. The molecule has 0 aliphatic carbocycles. The fourth-order valence-corrected chi connectivity index (χ4v) is 8.19. The van der Waals surface area contributed by atoms with E-state index in [1.807, 2.05) is 0 Å². The van der Waals surface area contributed by atoms with Crippen molar-refractivity contribution in [3.05, 3.63) is 120 Å². The zero-order valence-corrected chi connectivity index (χ0v) is 39.0. The van der Waals surface area contributed by atoms with E-state index >= 15 is 0 Å². The Labute approximate surface area is 342 Å². The van der Waals surface area contributed by atoms with Gasteiger partial charge < -0.3 is 15.3 Å². The molecule has 3 nitrogen and oxygen atoms in total. The zero-order chi connectivity index (χ0) is 42.9. The van der Waals surface area contributed by atoms with Crippen molar-refractivity contribution in [3.8, 4) is 17.2 Å². The predicted molar refractivity (Wildman–Crippen MR) is 241 cm³/mol. The second-order valence-corrected chi connectivity index (χ2v) is 23.1. The topological polar surface area (TPSA) is 60.7 Å². The second kappa shape index (κ2) is 14.9. The summed E-state index contributed by atoms with van der Waals surface area (Å²) in [6, 6.07) is 15.8. The molecular formula is C53H76O3. The van der Waals surface area contributed by atoms with E-state index in [2.05, 4.69) is 181 Å². The molecule has 4 aromatic carbocycles. The molecule has 0 fully saturated rings. The molecule has 56 heavy (non-hydrogen) atoms. The first-order chi connectivity index (χ1) is 25.1. The highest BCUT2D eigenvalue weighted by Gasteiger charge is 2.30. The molecule has 0 aliphatic heterocycles. The highest BCUT2D eigenvalue weighted by Crippen LogP contribution is 2.44.